The van der Waals surface area contributed by atoms with E-state index in [0.717, 1.165) is 11.1 Å². The van der Waals surface area contributed by atoms with Crippen molar-refractivity contribution in [1.82, 2.24) is 4.31 Å². The topological polar surface area (TPSA) is 37.4 Å². The molecule has 126 valence electrons. The van der Waals surface area contributed by atoms with Gasteiger partial charge in [0.05, 0.1) is 10.6 Å². The monoisotopic (exact) mass is 333 g/mol. The lowest BCUT2D eigenvalue weighted by atomic mass is 10.0. The van der Waals surface area contributed by atoms with Gasteiger partial charge in [0, 0.05) is 6.54 Å². The minimum absolute atomic E-state index is 0.275. The van der Waals surface area contributed by atoms with Gasteiger partial charge in [-0.2, -0.15) is 0 Å². The van der Waals surface area contributed by atoms with Crippen molar-refractivity contribution >= 4 is 10.0 Å². The molecule has 0 saturated heterocycles. The Hall–Kier alpha value is -1.81. The Kier molecular flexibility index (Phi) is 6.82. The van der Waals surface area contributed by atoms with Gasteiger partial charge in [0.25, 0.3) is 10.0 Å². The molecule has 0 bridgehead atoms. The second-order valence-corrected chi connectivity index (χ2v) is 7.50. The van der Waals surface area contributed by atoms with Gasteiger partial charge in [0.15, 0.2) is 0 Å². The highest BCUT2D eigenvalue weighted by atomic mass is 32.2. The predicted molar refractivity (Wildman–Crippen MR) is 97.9 cm³/mol. The Morgan fingerprint density at radius 2 is 2.00 bits per heavy atom. The maximum Gasteiger partial charge on any atom is 0.264 e. The van der Waals surface area contributed by atoms with Crippen molar-refractivity contribution in [1.29, 1.82) is 0 Å². The van der Waals surface area contributed by atoms with E-state index in [1.807, 2.05) is 45.1 Å². The lowest BCUT2D eigenvalue weighted by molar-refractivity contribution is 0.498. The van der Waals surface area contributed by atoms with Gasteiger partial charge in [-0.15, -0.1) is 0 Å². The first-order chi connectivity index (χ1) is 10.8. The fourth-order valence-corrected chi connectivity index (χ4v) is 4.06. The molecular weight excluding hydrogens is 306 g/mol. The summed E-state index contributed by atoms with van der Waals surface area (Å²) in [5, 5.41) is 0. The molecule has 0 heterocycles. The average molecular weight is 333 g/mol. The van der Waals surface area contributed by atoms with Crippen molar-refractivity contribution in [2.45, 2.75) is 45.4 Å². The molecule has 1 aromatic carbocycles. The number of rotatable bonds is 7. The van der Waals surface area contributed by atoms with Crippen LogP contribution in [0.3, 0.4) is 0 Å². The van der Waals surface area contributed by atoms with E-state index in [1.165, 1.54) is 4.31 Å². The predicted octanol–water partition coefficient (Wildman–Crippen LogP) is 4.78. The Bertz CT molecular complexity index is 713. The summed E-state index contributed by atoms with van der Waals surface area (Å²) < 4.78 is 27.7. The van der Waals surface area contributed by atoms with Crippen LogP contribution < -0.4 is 0 Å². The Morgan fingerprint density at radius 3 is 2.48 bits per heavy atom. The molecule has 3 nitrogen and oxygen atoms in total. The van der Waals surface area contributed by atoms with Crippen LogP contribution in [0.4, 0.5) is 0 Å². The second-order valence-electron chi connectivity index (χ2n) is 5.67. The van der Waals surface area contributed by atoms with Crippen LogP contribution >= 0.6 is 0 Å². The van der Waals surface area contributed by atoms with Crippen molar-refractivity contribution in [3.05, 3.63) is 65.9 Å². The van der Waals surface area contributed by atoms with Gasteiger partial charge in [0.2, 0.25) is 0 Å². The first-order valence-electron chi connectivity index (χ1n) is 7.88. The molecule has 0 aliphatic heterocycles. The van der Waals surface area contributed by atoms with Crippen LogP contribution in [0.25, 0.3) is 0 Å². The standard InChI is InChI=1S/C19H27NO2S/c1-7-10-11-18(8-2)20(9-3)23(21,22)19-14-17(15(4)5)13-12-16(19)6/h7-8,10-15H,2,9H2,1,3-6H3/b10-7-,18-11+. The molecule has 4 heteroatoms. The average Bonchev–Trinajstić information content (AvgIpc) is 2.51. The van der Waals surface area contributed by atoms with E-state index in [0.29, 0.717) is 17.1 Å². The third kappa shape index (κ3) is 4.35. The van der Waals surface area contributed by atoms with Gasteiger partial charge >= 0.3 is 0 Å². The van der Waals surface area contributed by atoms with E-state index in [9.17, 15) is 8.42 Å². The fourth-order valence-electron chi connectivity index (χ4n) is 2.31. The molecule has 0 radical (unpaired) electrons. The van der Waals surface area contributed by atoms with Crippen molar-refractivity contribution in [2.24, 2.45) is 0 Å². The molecule has 1 rings (SSSR count). The first-order valence-corrected chi connectivity index (χ1v) is 9.32. The number of hydrogen-bond donors (Lipinski definition) is 0. The van der Waals surface area contributed by atoms with Crippen LogP contribution in [0.5, 0.6) is 0 Å². The van der Waals surface area contributed by atoms with Gasteiger partial charge in [0.1, 0.15) is 0 Å². The molecule has 0 fully saturated rings. The molecule has 0 atom stereocenters. The third-order valence-electron chi connectivity index (χ3n) is 3.69. The molecule has 0 spiro atoms. The van der Waals surface area contributed by atoms with Crippen LogP contribution in [0.15, 0.2) is 59.7 Å². The van der Waals surface area contributed by atoms with Gasteiger partial charge in [-0.25, -0.2) is 8.42 Å². The zero-order valence-electron chi connectivity index (χ0n) is 14.7. The lowest BCUT2D eigenvalue weighted by Gasteiger charge is -2.25. The smallest absolute Gasteiger partial charge is 0.264 e. The van der Waals surface area contributed by atoms with E-state index >= 15 is 0 Å². The zero-order valence-corrected chi connectivity index (χ0v) is 15.5. The van der Waals surface area contributed by atoms with Gasteiger partial charge in [-0.05, 0) is 56.0 Å². The largest absolute Gasteiger partial charge is 0.267 e. The van der Waals surface area contributed by atoms with Crippen molar-refractivity contribution in [3.63, 3.8) is 0 Å². The lowest BCUT2D eigenvalue weighted by Crippen LogP contribution is -2.30. The molecule has 0 aliphatic carbocycles. The molecular formula is C19H27NO2S. The fraction of sp³-hybridized carbons (Fsp3) is 0.368. The summed E-state index contributed by atoms with van der Waals surface area (Å²) in [4.78, 5) is 0.360. The van der Waals surface area contributed by atoms with E-state index in [1.54, 1.807) is 18.2 Å². The molecule has 0 aromatic heterocycles. The summed E-state index contributed by atoms with van der Waals surface area (Å²) in [6.07, 6.45) is 7.00. The number of allylic oxidation sites excluding steroid dienone is 4. The highest BCUT2D eigenvalue weighted by molar-refractivity contribution is 7.89. The second kappa shape index (κ2) is 8.16. The molecule has 0 aliphatic rings. The summed E-state index contributed by atoms with van der Waals surface area (Å²) in [5.74, 6) is 0.275. The Labute approximate surface area is 141 Å². The molecule has 0 N–H and O–H groups in total. The van der Waals surface area contributed by atoms with Crippen molar-refractivity contribution in [2.75, 3.05) is 6.54 Å². The van der Waals surface area contributed by atoms with Crippen LogP contribution in [0.1, 0.15) is 44.7 Å². The Morgan fingerprint density at radius 1 is 1.35 bits per heavy atom. The quantitative estimate of drug-likeness (QED) is 0.674. The SMILES string of the molecule is C=C/C(=C\C=C/C)N(CC)S(=O)(=O)c1cc(C(C)C)ccc1C. The first kappa shape index (κ1) is 19.2. The van der Waals surface area contributed by atoms with Gasteiger partial charge in [-0.1, -0.05) is 44.7 Å². The molecule has 23 heavy (non-hydrogen) atoms. The molecule has 0 amide bonds. The Balaban J connectivity index is 3.49. The summed E-state index contributed by atoms with van der Waals surface area (Å²) in [6, 6.07) is 5.65. The number of hydrogen-bond acceptors (Lipinski definition) is 2. The zero-order chi connectivity index (χ0) is 17.6. The number of benzene rings is 1. The number of nitrogens with zero attached hydrogens (tertiary/aromatic N) is 1. The maximum atomic E-state index is 13.1. The highest BCUT2D eigenvalue weighted by Crippen LogP contribution is 2.27. The van der Waals surface area contributed by atoms with Gasteiger partial charge < -0.3 is 0 Å². The van der Waals surface area contributed by atoms with Crippen LogP contribution in [0, 0.1) is 6.92 Å². The van der Waals surface area contributed by atoms with E-state index in [4.69, 9.17) is 0 Å². The number of aryl methyl sites for hydroxylation is 1. The highest BCUT2D eigenvalue weighted by Gasteiger charge is 2.26. The maximum absolute atomic E-state index is 13.1. The molecule has 1 aromatic rings. The summed E-state index contributed by atoms with van der Waals surface area (Å²) in [6.45, 7) is 13.8. The van der Waals surface area contributed by atoms with E-state index < -0.39 is 10.0 Å². The summed E-state index contributed by atoms with van der Waals surface area (Å²) >= 11 is 0. The normalized spacial score (nSPS) is 12.9. The molecule has 0 saturated carbocycles. The van der Waals surface area contributed by atoms with Crippen molar-refractivity contribution in [3.8, 4) is 0 Å². The van der Waals surface area contributed by atoms with E-state index in [-0.39, 0.29) is 5.92 Å². The minimum Gasteiger partial charge on any atom is -0.267 e. The van der Waals surface area contributed by atoms with Gasteiger partial charge in [-0.3, -0.25) is 4.31 Å². The third-order valence-corrected chi connectivity index (χ3v) is 5.74. The minimum atomic E-state index is -3.62. The summed E-state index contributed by atoms with van der Waals surface area (Å²) in [5.41, 5.74) is 2.34. The number of likely N-dealkylation sites (N-methyl/N-ethyl adjacent to an activating group) is 1. The van der Waals surface area contributed by atoms with Crippen molar-refractivity contribution < 1.29 is 8.42 Å². The van der Waals surface area contributed by atoms with Crippen LogP contribution in [0.2, 0.25) is 0 Å². The van der Waals surface area contributed by atoms with E-state index in [2.05, 4.69) is 20.4 Å². The van der Waals surface area contributed by atoms with Crippen LogP contribution in [-0.2, 0) is 10.0 Å². The summed E-state index contributed by atoms with van der Waals surface area (Å²) in [7, 11) is -3.62. The molecule has 0 unspecified atom stereocenters. The van der Waals surface area contributed by atoms with Crippen LogP contribution in [-0.4, -0.2) is 19.3 Å². The number of sulfonamides is 1.